The van der Waals surface area contributed by atoms with Crippen LogP contribution in [0.1, 0.15) is 27.2 Å². The number of nitrogens with zero attached hydrogens (tertiary/aromatic N) is 1. The number of carboxylic acid groups (broad SMARTS) is 1. The molecule has 0 fully saturated rings. The van der Waals surface area contributed by atoms with Gasteiger partial charge in [-0.05, 0) is 47.5 Å². The minimum atomic E-state index is -0.979. The van der Waals surface area contributed by atoms with Gasteiger partial charge < -0.3 is 14.4 Å². The zero-order chi connectivity index (χ0) is 23.5. The molecule has 0 unspecified atom stereocenters. The Balaban J connectivity index is 1.47. The van der Waals surface area contributed by atoms with E-state index in [1.807, 2.05) is 78.9 Å². The fraction of sp³-hybridized carbons (Fsp3) is 0.0345. The van der Waals surface area contributed by atoms with Gasteiger partial charge in [0.1, 0.15) is 11.5 Å². The van der Waals surface area contributed by atoms with Gasteiger partial charge in [-0.2, -0.15) is 0 Å². The van der Waals surface area contributed by atoms with E-state index >= 15 is 0 Å². The number of benzene rings is 3. The van der Waals surface area contributed by atoms with E-state index in [1.54, 1.807) is 35.2 Å². The van der Waals surface area contributed by atoms with Crippen molar-refractivity contribution in [3.8, 4) is 11.3 Å². The van der Waals surface area contributed by atoms with Gasteiger partial charge in [0.05, 0.1) is 17.8 Å². The first-order valence-corrected chi connectivity index (χ1v) is 10.9. The second-order valence-corrected chi connectivity index (χ2v) is 7.96. The third kappa shape index (κ3) is 4.32. The summed E-state index contributed by atoms with van der Waals surface area (Å²) >= 11 is 0. The molecule has 0 saturated heterocycles. The van der Waals surface area contributed by atoms with Crippen LogP contribution in [0.4, 0.5) is 0 Å². The lowest BCUT2D eigenvalue weighted by Crippen LogP contribution is -2.25. The lowest BCUT2D eigenvalue weighted by atomic mass is 10.1. The molecule has 1 aliphatic heterocycles. The maximum absolute atomic E-state index is 13.4. The highest BCUT2D eigenvalue weighted by molar-refractivity contribution is 6.10. The van der Waals surface area contributed by atoms with Crippen LogP contribution in [0.3, 0.4) is 0 Å². The Morgan fingerprint density at radius 1 is 0.824 bits per heavy atom. The van der Waals surface area contributed by atoms with Gasteiger partial charge in [-0.25, -0.2) is 4.79 Å². The third-order valence-electron chi connectivity index (χ3n) is 5.67. The van der Waals surface area contributed by atoms with E-state index in [0.29, 0.717) is 17.9 Å². The largest absolute Gasteiger partial charge is 0.478 e. The molecule has 0 saturated carbocycles. The van der Waals surface area contributed by atoms with Crippen LogP contribution in [0, 0.1) is 0 Å². The van der Waals surface area contributed by atoms with Crippen molar-refractivity contribution in [2.45, 2.75) is 6.54 Å². The molecule has 0 bridgehead atoms. The van der Waals surface area contributed by atoms with Crippen LogP contribution in [0.25, 0.3) is 23.1 Å². The third-order valence-corrected chi connectivity index (χ3v) is 5.67. The first-order valence-electron chi connectivity index (χ1n) is 10.9. The molecule has 1 aliphatic rings. The van der Waals surface area contributed by atoms with Crippen LogP contribution in [0.2, 0.25) is 0 Å². The molecule has 5 nitrogen and oxygen atoms in total. The van der Waals surface area contributed by atoms with Gasteiger partial charge in [0.2, 0.25) is 0 Å². The van der Waals surface area contributed by atoms with Crippen molar-refractivity contribution >= 4 is 23.6 Å². The number of amides is 1. The first kappa shape index (κ1) is 21.2. The van der Waals surface area contributed by atoms with E-state index in [4.69, 9.17) is 9.52 Å². The second-order valence-electron chi connectivity index (χ2n) is 7.96. The predicted molar refractivity (Wildman–Crippen MR) is 130 cm³/mol. The number of rotatable bonds is 6. The first-order chi connectivity index (χ1) is 16.6. The summed E-state index contributed by atoms with van der Waals surface area (Å²) in [5.41, 5.74) is 4.25. The number of carbonyl (C=O) groups is 2. The molecule has 166 valence electrons. The van der Waals surface area contributed by atoms with Crippen LogP contribution < -0.4 is 0 Å². The van der Waals surface area contributed by atoms with E-state index < -0.39 is 5.97 Å². The Labute approximate surface area is 196 Å². The molecule has 2 heterocycles. The van der Waals surface area contributed by atoms with Crippen LogP contribution in [0.15, 0.2) is 113 Å². The summed E-state index contributed by atoms with van der Waals surface area (Å²) in [6.45, 7) is 0.324. The van der Waals surface area contributed by atoms with Crippen LogP contribution in [0.5, 0.6) is 0 Å². The SMILES string of the molecule is O=C(O)c1ccc(CN2C(=O)C(=Cc3ccc(-c4ccccc4)o3)C=C2c2ccccc2)cc1. The average Bonchev–Trinajstić information content (AvgIpc) is 3.46. The Morgan fingerprint density at radius 3 is 2.12 bits per heavy atom. The van der Waals surface area contributed by atoms with Crippen molar-refractivity contribution in [1.82, 2.24) is 4.90 Å². The molecule has 0 aliphatic carbocycles. The lowest BCUT2D eigenvalue weighted by molar-refractivity contribution is -0.123. The molecule has 0 radical (unpaired) electrons. The highest BCUT2D eigenvalue weighted by Crippen LogP contribution is 2.33. The monoisotopic (exact) mass is 447 g/mol. The number of aromatic carboxylic acids is 1. The molecule has 3 aromatic carbocycles. The van der Waals surface area contributed by atoms with Crippen LogP contribution >= 0.6 is 0 Å². The number of carbonyl (C=O) groups excluding carboxylic acids is 1. The highest BCUT2D eigenvalue weighted by Gasteiger charge is 2.29. The molecule has 5 rings (SSSR count). The van der Waals surface area contributed by atoms with Gasteiger partial charge >= 0.3 is 5.97 Å². The summed E-state index contributed by atoms with van der Waals surface area (Å²) < 4.78 is 5.98. The van der Waals surface area contributed by atoms with Crippen molar-refractivity contribution in [3.05, 3.63) is 131 Å². The Morgan fingerprint density at radius 2 is 1.47 bits per heavy atom. The van der Waals surface area contributed by atoms with Crippen molar-refractivity contribution in [1.29, 1.82) is 0 Å². The topological polar surface area (TPSA) is 70.8 Å². The molecular weight excluding hydrogens is 426 g/mol. The van der Waals surface area contributed by atoms with Crippen molar-refractivity contribution < 1.29 is 19.1 Å². The maximum atomic E-state index is 13.4. The minimum Gasteiger partial charge on any atom is -0.478 e. The Bertz CT molecular complexity index is 1400. The normalized spacial score (nSPS) is 14.5. The van der Waals surface area contributed by atoms with Crippen LogP contribution in [-0.2, 0) is 11.3 Å². The summed E-state index contributed by atoms with van der Waals surface area (Å²) in [5.74, 6) is 0.213. The molecule has 1 N–H and O–H groups in total. The van der Waals surface area contributed by atoms with Gasteiger partial charge in [-0.3, -0.25) is 4.79 Å². The van der Waals surface area contributed by atoms with Gasteiger partial charge in [-0.1, -0.05) is 72.8 Å². The van der Waals surface area contributed by atoms with E-state index in [-0.39, 0.29) is 11.5 Å². The quantitative estimate of drug-likeness (QED) is 0.362. The zero-order valence-corrected chi connectivity index (χ0v) is 18.2. The summed E-state index contributed by atoms with van der Waals surface area (Å²) in [4.78, 5) is 26.3. The van der Waals surface area contributed by atoms with E-state index in [2.05, 4.69) is 0 Å². The molecule has 5 heteroatoms. The van der Waals surface area contributed by atoms with Crippen molar-refractivity contribution in [2.24, 2.45) is 0 Å². The second kappa shape index (κ2) is 9.08. The fourth-order valence-corrected chi connectivity index (χ4v) is 3.94. The number of hydrogen-bond acceptors (Lipinski definition) is 3. The standard InChI is InChI=1S/C29H21NO4/c31-28-24(17-25-15-16-27(34-25)22-9-5-2-6-10-22)18-26(21-7-3-1-4-8-21)30(28)19-20-11-13-23(14-12-20)29(32)33/h1-18H,19H2,(H,32,33). The molecule has 4 aromatic rings. The van der Waals surface area contributed by atoms with E-state index in [9.17, 15) is 9.59 Å². The fourth-order valence-electron chi connectivity index (χ4n) is 3.94. The number of hydrogen-bond donors (Lipinski definition) is 1. The summed E-state index contributed by atoms with van der Waals surface area (Å²) in [6.07, 6.45) is 3.62. The summed E-state index contributed by atoms with van der Waals surface area (Å²) in [6, 6.07) is 29.8. The molecule has 0 atom stereocenters. The molecule has 1 amide bonds. The molecule has 34 heavy (non-hydrogen) atoms. The van der Waals surface area contributed by atoms with Gasteiger partial charge in [0, 0.05) is 11.1 Å². The predicted octanol–water partition coefficient (Wildman–Crippen LogP) is 6.11. The summed E-state index contributed by atoms with van der Waals surface area (Å²) in [7, 11) is 0. The number of furan rings is 1. The Hall–Kier alpha value is -4.64. The van der Waals surface area contributed by atoms with Gasteiger partial charge in [0.15, 0.2) is 0 Å². The minimum absolute atomic E-state index is 0.140. The van der Waals surface area contributed by atoms with Gasteiger partial charge in [-0.15, -0.1) is 0 Å². The lowest BCUT2D eigenvalue weighted by Gasteiger charge is -2.21. The Kier molecular flexibility index (Phi) is 5.67. The van der Waals surface area contributed by atoms with Crippen LogP contribution in [-0.4, -0.2) is 21.9 Å². The van der Waals surface area contributed by atoms with E-state index in [1.165, 1.54) is 0 Å². The number of carboxylic acids is 1. The van der Waals surface area contributed by atoms with Crippen molar-refractivity contribution in [3.63, 3.8) is 0 Å². The molecule has 1 aromatic heterocycles. The van der Waals surface area contributed by atoms with Crippen molar-refractivity contribution in [2.75, 3.05) is 0 Å². The smallest absolute Gasteiger partial charge is 0.335 e. The highest BCUT2D eigenvalue weighted by atomic mass is 16.4. The zero-order valence-electron chi connectivity index (χ0n) is 18.2. The summed E-state index contributed by atoms with van der Waals surface area (Å²) in [5, 5.41) is 9.15. The van der Waals surface area contributed by atoms with E-state index in [0.717, 1.165) is 28.1 Å². The van der Waals surface area contributed by atoms with Gasteiger partial charge in [0.25, 0.3) is 5.91 Å². The molecular formula is C29H21NO4. The average molecular weight is 447 g/mol. The maximum Gasteiger partial charge on any atom is 0.335 e. The molecule has 0 spiro atoms.